The third-order valence-electron chi connectivity index (χ3n) is 2.04. The van der Waals surface area contributed by atoms with Crippen LogP contribution in [0, 0.1) is 0 Å². The summed E-state index contributed by atoms with van der Waals surface area (Å²) in [5.74, 6) is 0.879. The minimum Gasteiger partial charge on any atom is -0.497 e. The minimum absolute atomic E-state index is 0.651. The highest BCUT2D eigenvalue weighted by atomic mass is 16.5. The van der Waals surface area contributed by atoms with Crippen LogP contribution in [0.3, 0.4) is 0 Å². The molecule has 0 spiro atoms. The van der Waals surface area contributed by atoms with Gasteiger partial charge in [0.15, 0.2) is 0 Å². The first-order valence-electron chi connectivity index (χ1n) is 5.22. The average molecular weight is 206 g/mol. The molecule has 0 saturated carbocycles. The van der Waals surface area contributed by atoms with Crippen molar-refractivity contribution in [2.24, 2.45) is 0 Å². The minimum atomic E-state index is 0.651. The molecular formula is C13H18O2. The number of allylic oxidation sites excluding steroid dienone is 1. The zero-order chi connectivity index (χ0) is 10.9. The lowest BCUT2D eigenvalue weighted by atomic mass is 10.2. The fraction of sp³-hybridized carbons (Fsp3) is 0.385. The Bertz CT molecular complexity index is 288. The molecule has 0 fully saturated rings. The Morgan fingerprint density at radius 2 is 1.87 bits per heavy atom. The van der Waals surface area contributed by atoms with Gasteiger partial charge in [0.1, 0.15) is 5.75 Å². The van der Waals surface area contributed by atoms with Crippen molar-refractivity contribution >= 4 is 0 Å². The van der Waals surface area contributed by atoms with Crippen molar-refractivity contribution in [3.63, 3.8) is 0 Å². The number of benzene rings is 1. The van der Waals surface area contributed by atoms with Crippen molar-refractivity contribution < 1.29 is 9.47 Å². The van der Waals surface area contributed by atoms with Crippen LogP contribution in [0.4, 0.5) is 0 Å². The Kier molecular flexibility index (Phi) is 5.56. The van der Waals surface area contributed by atoms with Crippen LogP contribution in [-0.4, -0.2) is 13.7 Å². The molecule has 0 N–H and O–H groups in total. The Morgan fingerprint density at radius 3 is 2.47 bits per heavy atom. The molecule has 0 aromatic heterocycles. The van der Waals surface area contributed by atoms with Crippen molar-refractivity contribution in [3.05, 3.63) is 42.0 Å². The maximum atomic E-state index is 5.47. The first-order chi connectivity index (χ1) is 7.36. The molecule has 82 valence electrons. The van der Waals surface area contributed by atoms with Gasteiger partial charge in [-0.25, -0.2) is 0 Å². The standard InChI is InChI=1S/C13H18O2/c1-3-4-5-10-15-11-12-6-8-13(14-2)9-7-12/h4-9H,3,10-11H2,1-2H3/b5-4-. The number of hydrogen-bond acceptors (Lipinski definition) is 2. The summed E-state index contributed by atoms with van der Waals surface area (Å²) in [7, 11) is 1.67. The topological polar surface area (TPSA) is 18.5 Å². The summed E-state index contributed by atoms with van der Waals surface area (Å²) in [5.41, 5.74) is 1.17. The molecule has 15 heavy (non-hydrogen) atoms. The van der Waals surface area contributed by atoms with E-state index in [0.29, 0.717) is 13.2 Å². The Labute approximate surface area is 91.5 Å². The third kappa shape index (κ3) is 4.66. The summed E-state index contributed by atoms with van der Waals surface area (Å²) >= 11 is 0. The van der Waals surface area contributed by atoms with E-state index < -0.39 is 0 Å². The first kappa shape index (κ1) is 11.8. The van der Waals surface area contributed by atoms with E-state index in [0.717, 1.165) is 12.2 Å². The van der Waals surface area contributed by atoms with Crippen molar-refractivity contribution in [1.82, 2.24) is 0 Å². The summed E-state index contributed by atoms with van der Waals surface area (Å²) in [6.45, 7) is 3.44. The third-order valence-corrected chi connectivity index (χ3v) is 2.04. The second-order valence-corrected chi connectivity index (χ2v) is 3.24. The molecule has 1 aromatic rings. The quantitative estimate of drug-likeness (QED) is 0.525. The van der Waals surface area contributed by atoms with E-state index in [2.05, 4.69) is 13.0 Å². The molecule has 0 heterocycles. The largest absolute Gasteiger partial charge is 0.497 e. The van der Waals surface area contributed by atoms with Crippen LogP contribution in [0.25, 0.3) is 0 Å². The molecule has 0 saturated heterocycles. The van der Waals surface area contributed by atoms with Gasteiger partial charge in [0.05, 0.1) is 20.3 Å². The summed E-state index contributed by atoms with van der Waals surface area (Å²) in [6.07, 6.45) is 5.21. The van der Waals surface area contributed by atoms with E-state index in [4.69, 9.17) is 9.47 Å². The van der Waals surface area contributed by atoms with Crippen LogP contribution >= 0.6 is 0 Å². The maximum Gasteiger partial charge on any atom is 0.118 e. The van der Waals surface area contributed by atoms with Gasteiger partial charge in [-0.2, -0.15) is 0 Å². The first-order valence-corrected chi connectivity index (χ1v) is 5.22. The number of rotatable bonds is 6. The summed E-state index contributed by atoms with van der Waals surface area (Å²) < 4.78 is 10.5. The normalized spacial score (nSPS) is 10.8. The highest BCUT2D eigenvalue weighted by Crippen LogP contribution is 2.11. The molecule has 2 heteroatoms. The van der Waals surface area contributed by atoms with Gasteiger partial charge in [0, 0.05) is 0 Å². The van der Waals surface area contributed by atoms with E-state index in [-0.39, 0.29) is 0 Å². The average Bonchev–Trinajstić information content (AvgIpc) is 2.30. The van der Waals surface area contributed by atoms with Crippen molar-refractivity contribution in [1.29, 1.82) is 0 Å². The van der Waals surface area contributed by atoms with Gasteiger partial charge in [-0.05, 0) is 24.1 Å². The van der Waals surface area contributed by atoms with Gasteiger partial charge in [0.2, 0.25) is 0 Å². The molecule has 0 aliphatic heterocycles. The lowest BCUT2D eigenvalue weighted by molar-refractivity contribution is 0.148. The summed E-state index contributed by atoms with van der Waals surface area (Å²) in [4.78, 5) is 0. The van der Waals surface area contributed by atoms with Crippen LogP contribution in [0.15, 0.2) is 36.4 Å². The van der Waals surface area contributed by atoms with Gasteiger partial charge in [-0.1, -0.05) is 31.2 Å². The maximum absolute atomic E-state index is 5.47. The highest BCUT2D eigenvalue weighted by molar-refractivity contribution is 5.26. The zero-order valence-electron chi connectivity index (χ0n) is 9.40. The predicted octanol–water partition coefficient (Wildman–Crippen LogP) is 3.18. The number of ether oxygens (including phenoxy) is 2. The fourth-order valence-corrected chi connectivity index (χ4v) is 1.20. The van der Waals surface area contributed by atoms with Gasteiger partial charge in [-0.3, -0.25) is 0 Å². The van der Waals surface area contributed by atoms with Crippen molar-refractivity contribution in [2.45, 2.75) is 20.0 Å². The molecule has 0 aliphatic carbocycles. The van der Waals surface area contributed by atoms with Gasteiger partial charge in [0.25, 0.3) is 0 Å². The Hall–Kier alpha value is -1.28. The van der Waals surface area contributed by atoms with Crippen LogP contribution in [-0.2, 0) is 11.3 Å². The number of methoxy groups -OCH3 is 1. The SMILES string of the molecule is CC/C=C\COCc1ccc(OC)cc1. The smallest absolute Gasteiger partial charge is 0.118 e. The molecule has 0 aliphatic rings. The highest BCUT2D eigenvalue weighted by Gasteiger charge is 1.93. The van der Waals surface area contributed by atoms with Gasteiger partial charge >= 0.3 is 0 Å². The van der Waals surface area contributed by atoms with E-state index in [1.165, 1.54) is 5.56 Å². The van der Waals surface area contributed by atoms with Crippen molar-refractivity contribution in [3.8, 4) is 5.75 Å². The van der Waals surface area contributed by atoms with Gasteiger partial charge in [-0.15, -0.1) is 0 Å². The van der Waals surface area contributed by atoms with Gasteiger partial charge < -0.3 is 9.47 Å². The Morgan fingerprint density at radius 1 is 1.13 bits per heavy atom. The zero-order valence-corrected chi connectivity index (χ0v) is 9.40. The van der Waals surface area contributed by atoms with E-state index >= 15 is 0 Å². The van der Waals surface area contributed by atoms with E-state index in [9.17, 15) is 0 Å². The molecule has 1 rings (SSSR count). The second kappa shape index (κ2) is 7.07. The lowest BCUT2D eigenvalue weighted by Gasteiger charge is -2.03. The van der Waals surface area contributed by atoms with Crippen LogP contribution in [0.5, 0.6) is 5.75 Å². The van der Waals surface area contributed by atoms with E-state index in [1.54, 1.807) is 7.11 Å². The van der Waals surface area contributed by atoms with Crippen molar-refractivity contribution in [2.75, 3.05) is 13.7 Å². The Balaban J connectivity index is 2.28. The molecule has 1 aromatic carbocycles. The fourth-order valence-electron chi connectivity index (χ4n) is 1.20. The predicted molar refractivity (Wildman–Crippen MR) is 62.1 cm³/mol. The summed E-state index contributed by atoms with van der Waals surface area (Å²) in [6, 6.07) is 7.92. The molecule has 0 radical (unpaired) electrons. The summed E-state index contributed by atoms with van der Waals surface area (Å²) in [5, 5.41) is 0. The van der Waals surface area contributed by atoms with Crippen LogP contribution < -0.4 is 4.74 Å². The van der Waals surface area contributed by atoms with Crippen LogP contribution in [0.1, 0.15) is 18.9 Å². The molecular weight excluding hydrogens is 188 g/mol. The molecule has 0 bridgehead atoms. The lowest BCUT2D eigenvalue weighted by Crippen LogP contribution is -1.92. The molecule has 2 nitrogen and oxygen atoms in total. The molecule has 0 amide bonds. The number of hydrogen-bond donors (Lipinski definition) is 0. The monoisotopic (exact) mass is 206 g/mol. The van der Waals surface area contributed by atoms with Crippen LogP contribution in [0.2, 0.25) is 0 Å². The molecule has 0 atom stereocenters. The van der Waals surface area contributed by atoms with E-state index in [1.807, 2.05) is 30.3 Å². The second-order valence-electron chi connectivity index (χ2n) is 3.24. The molecule has 0 unspecified atom stereocenters.